The molecule has 0 saturated carbocycles. The quantitative estimate of drug-likeness (QED) is 0.622. The third kappa shape index (κ3) is 3.01. The minimum absolute atomic E-state index is 0.790. The summed E-state index contributed by atoms with van der Waals surface area (Å²) in [5.74, 6) is 0.940. The van der Waals surface area contributed by atoms with Crippen LogP contribution in [0.15, 0.2) is 23.6 Å². The zero-order chi connectivity index (χ0) is 13.1. The highest BCUT2D eigenvalue weighted by atomic mass is 32.2. The molecule has 5 nitrogen and oxygen atoms in total. The van der Waals surface area contributed by atoms with Crippen LogP contribution in [0.5, 0.6) is 0 Å². The highest BCUT2D eigenvalue weighted by Gasteiger charge is 2.08. The predicted molar refractivity (Wildman–Crippen MR) is 73.9 cm³/mol. The smallest absolute Gasteiger partial charge is 0.189 e. The molecular weight excluding hydrogens is 246 g/mol. The van der Waals surface area contributed by atoms with E-state index in [0.29, 0.717) is 0 Å². The molecule has 0 aliphatic carbocycles. The van der Waals surface area contributed by atoms with Gasteiger partial charge in [0, 0.05) is 44.2 Å². The van der Waals surface area contributed by atoms with E-state index in [1.54, 1.807) is 11.8 Å². The van der Waals surface area contributed by atoms with Gasteiger partial charge in [0.05, 0.1) is 6.20 Å². The summed E-state index contributed by atoms with van der Waals surface area (Å²) in [7, 11) is 3.95. The first kappa shape index (κ1) is 12.9. The van der Waals surface area contributed by atoms with Crippen LogP contribution in [0.1, 0.15) is 11.3 Å². The standard InChI is InChI=1S/C12H17N5S/c1-9-5-11(15-12(14-9)18-4)16(2)7-10-6-13-17(3)8-10/h5-6,8H,7H2,1-4H3. The molecule has 2 aromatic rings. The molecule has 0 atom stereocenters. The number of aryl methyl sites for hydroxylation is 2. The molecule has 0 fully saturated rings. The lowest BCUT2D eigenvalue weighted by molar-refractivity contribution is 0.766. The molecule has 6 heteroatoms. The minimum Gasteiger partial charge on any atom is -0.355 e. The molecule has 18 heavy (non-hydrogen) atoms. The third-order valence-electron chi connectivity index (χ3n) is 2.57. The normalized spacial score (nSPS) is 10.7. The van der Waals surface area contributed by atoms with E-state index in [1.807, 2.05) is 50.4 Å². The Morgan fingerprint density at radius 1 is 1.39 bits per heavy atom. The van der Waals surface area contributed by atoms with E-state index in [-0.39, 0.29) is 0 Å². The average molecular weight is 263 g/mol. The van der Waals surface area contributed by atoms with Crippen molar-refractivity contribution in [2.45, 2.75) is 18.6 Å². The highest BCUT2D eigenvalue weighted by Crippen LogP contribution is 2.17. The average Bonchev–Trinajstić information content (AvgIpc) is 2.73. The van der Waals surface area contributed by atoms with Gasteiger partial charge in [0.1, 0.15) is 5.82 Å². The molecule has 0 aromatic carbocycles. The number of rotatable bonds is 4. The lowest BCUT2D eigenvalue weighted by atomic mass is 10.3. The van der Waals surface area contributed by atoms with Crippen LogP contribution in [0, 0.1) is 6.92 Å². The second kappa shape index (κ2) is 5.39. The first-order chi connectivity index (χ1) is 8.58. The van der Waals surface area contributed by atoms with Gasteiger partial charge in [-0.15, -0.1) is 0 Å². The Balaban J connectivity index is 2.17. The van der Waals surface area contributed by atoms with Crippen molar-refractivity contribution < 1.29 is 0 Å². The van der Waals surface area contributed by atoms with Gasteiger partial charge in [-0.2, -0.15) is 5.10 Å². The minimum atomic E-state index is 0.790. The van der Waals surface area contributed by atoms with Gasteiger partial charge in [-0.1, -0.05) is 11.8 Å². The Kier molecular flexibility index (Phi) is 3.86. The predicted octanol–water partition coefficient (Wildman–Crippen LogP) is 1.88. The van der Waals surface area contributed by atoms with E-state index in [9.17, 15) is 0 Å². The van der Waals surface area contributed by atoms with Crippen molar-refractivity contribution in [3.05, 3.63) is 29.7 Å². The molecular formula is C12H17N5S. The first-order valence-corrected chi connectivity index (χ1v) is 6.89. The number of hydrogen-bond acceptors (Lipinski definition) is 5. The summed E-state index contributed by atoms with van der Waals surface area (Å²) in [5.41, 5.74) is 2.16. The monoisotopic (exact) mass is 263 g/mol. The van der Waals surface area contributed by atoms with Gasteiger partial charge in [0.15, 0.2) is 5.16 Å². The SMILES string of the molecule is CSc1nc(C)cc(N(C)Cc2cnn(C)c2)n1. The Bertz CT molecular complexity index is 537. The number of anilines is 1. The van der Waals surface area contributed by atoms with Crippen LogP contribution in [0.2, 0.25) is 0 Å². The fourth-order valence-electron chi connectivity index (χ4n) is 1.72. The summed E-state index contributed by atoms with van der Waals surface area (Å²) in [6, 6.07) is 2.00. The van der Waals surface area contributed by atoms with Crippen molar-refractivity contribution >= 4 is 17.6 Å². The van der Waals surface area contributed by atoms with Crippen LogP contribution in [-0.2, 0) is 13.6 Å². The van der Waals surface area contributed by atoms with Crippen molar-refractivity contribution in [3.63, 3.8) is 0 Å². The molecule has 96 valence electrons. The van der Waals surface area contributed by atoms with Crippen molar-refractivity contribution in [1.29, 1.82) is 0 Å². The lowest BCUT2D eigenvalue weighted by Gasteiger charge is -2.18. The molecule has 0 radical (unpaired) electrons. The Morgan fingerprint density at radius 3 is 2.78 bits per heavy atom. The molecule has 0 N–H and O–H groups in total. The largest absolute Gasteiger partial charge is 0.355 e. The summed E-state index contributed by atoms with van der Waals surface area (Å²) in [6.07, 6.45) is 5.87. The molecule has 2 aromatic heterocycles. The zero-order valence-electron chi connectivity index (χ0n) is 11.1. The lowest BCUT2D eigenvalue weighted by Crippen LogP contribution is -2.18. The van der Waals surface area contributed by atoms with Gasteiger partial charge in [-0.25, -0.2) is 9.97 Å². The molecule has 2 rings (SSSR count). The first-order valence-electron chi connectivity index (χ1n) is 5.67. The molecule has 0 bridgehead atoms. The van der Waals surface area contributed by atoms with Gasteiger partial charge in [0.2, 0.25) is 0 Å². The topological polar surface area (TPSA) is 46.8 Å². The summed E-state index contributed by atoms with van der Waals surface area (Å²) in [5, 5.41) is 4.98. The van der Waals surface area contributed by atoms with Crippen LogP contribution in [0.25, 0.3) is 0 Å². The van der Waals surface area contributed by atoms with Crippen molar-refractivity contribution in [2.24, 2.45) is 7.05 Å². The summed E-state index contributed by atoms with van der Waals surface area (Å²) in [4.78, 5) is 11.0. The molecule has 0 aliphatic rings. The van der Waals surface area contributed by atoms with E-state index in [4.69, 9.17) is 0 Å². The van der Waals surface area contributed by atoms with E-state index < -0.39 is 0 Å². The zero-order valence-corrected chi connectivity index (χ0v) is 11.9. The number of thioether (sulfide) groups is 1. The number of nitrogens with zero attached hydrogens (tertiary/aromatic N) is 5. The van der Waals surface area contributed by atoms with Crippen molar-refractivity contribution in [3.8, 4) is 0 Å². The molecule has 0 spiro atoms. The number of hydrogen-bond donors (Lipinski definition) is 0. The molecule has 0 unspecified atom stereocenters. The van der Waals surface area contributed by atoms with Crippen LogP contribution < -0.4 is 4.90 Å². The fraction of sp³-hybridized carbons (Fsp3) is 0.417. The Morgan fingerprint density at radius 2 is 2.17 bits per heavy atom. The summed E-state index contributed by atoms with van der Waals surface area (Å²) in [6.45, 7) is 2.78. The fourth-order valence-corrected chi connectivity index (χ4v) is 2.14. The Hall–Kier alpha value is -1.56. The van der Waals surface area contributed by atoms with Gasteiger partial charge in [-0.3, -0.25) is 4.68 Å². The van der Waals surface area contributed by atoms with E-state index in [2.05, 4.69) is 20.0 Å². The van der Waals surface area contributed by atoms with Crippen LogP contribution in [0.3, 0.4) is 0 Å². The highest BCUT2D eigenvalue weighted by molar-refractivity contribution is 7.98. The second-order valence-electron chi connectivity index (χ2n) is 4.23. The second-order valence-corrected chi connectivity index (χ2v) is 5.01. The maximum atomic E-state index is 4.51. The van der Waals surface area contributed by atoms with Gasteiger partial charge >= 0.3 is 0 Å². The molecule has 0 saturated heterocycles. The van der Waals surface area contributed by atoms with Crippen LogP contribution in [-0.4, -0.2) is 33.1 Å². The Labute approximate surface area is 111 Å². The van der Waals surface area contributed by atoms with Crippen LogP contribution in [0.4, 0.5) is 5.82 Å². The van der Waals surface area contributed by atoms with E-state index >= 15 is 0 Å². The van der Waals surface area contributed by atoms with Gasteiger partial charge in [-0.05, 0) is 13.2 Å². The summed E-state index contributed by atoms with van der Waals surface area (Å²) < 4.78 is 1.81. The van der Waals surface area contributed by atoms with Gasteiger partial charge < -0.3 is 4.90 Å². The van der Waals surface area contributed by atoms with Crippen molar-refractivity contribution in [2.75, 3.05) is 18.2 Å². The summed E-state index contributed by atoms with van der Waals surface area (Å²) >= 11 is 1.56. The van der Waals surface area contributed by atoms with Crippen LogP contribution >= 0.6 is 11.8 Å². The molecule has 0 amide bonds. The van der Waals surface area contributed by atoms with E-state index in [1.165, 1.54) is 5.56 Å². The molecule has 2 heterocycles. The maximum Gasteiger partial charge on any atom is 0.189 e. The van der Waals surface area contributed by atoms with Gasteiger partial charge in [0.25, 0.3) is 0 Å². The molecule has 0 aliphatic heterocycles. The van der Waals surface area contributed by atoms with Crippen molar-refractivity contribution in [1.82, 2.24) is 19.7 Å². The third-order valence-corrected chi connectivity index (χ3v) is 3.12. The van der Waals surface area contributed by atoms with E-state index in [0.717, 1.165) is 23.2 Å². The maximum absolute atomic E-state index is 4.51. The number of aromatic nitrogens is 4.